The molecule has 4 heteroatoms. The predicted molar refractivity (Wildman–Crippen MR) is 88.5 cm³/mol. The first-order valence-corrected chi connectivity index (χ1v) is 7.51. The van der Waals surface area contributed by atoms with Crippen LogP contribution in [0.3, 0.4) is 0 Å². The maximum absolute atomic E-state index is 5.12. The van der Waals surface area contributed by atoms with Crippen LogP contribution in [0.1, 0.15) is 29.9 Å². The molecule has 2 aromatic carbocycles. The van der Waals surface area contributed by atoms with Crippen molar-refractivity contribution in [1.82, 2.24) is 15.3 Å². The molecule has 22 heavy (non-hydrogen) atoms. The second-order valence-corrected chi connectivity index (χ2v) is 5.49. The van der Waals surface area contributed by atoms with E-state index in [1.165, 1.54) is 11.1 Å². The first-order chi connectivity index (χ1) is 10.8. The van der Waals surface area contributed by atoms with Gasteiger partial charge in [0.25, 0.3) is 0 Å². The second kappa shape index (κ2) is 6.73. The number of benzene rings is 2. The van der Waals surface area contributed by atoms with Gasteiger partial charge < -0.3 is 15.0 Å². The van der Waals surface area contributed by atoms with Crippen molar-refractivity contribution in [1.29, 1.82) is 0 Å². The zero-order valence-corrected chi connectivity index (χ0v) is 13.0. The number of imidazole rings is 1. The highest BCUT2D eigenvalue weighted by molar-refractivity contribution is 5.74. The molecule has 4 nitrogen and oxygen atoms in total. The molecule has 3 rings (SSSR count). The number of hydrogen-bond donors (Lipinski definition) is 2. The van der Waals surface area contributed by atoms with Gasteiger partial charge in [-0.05, 0) is 30.2 Å². The monoisotopic (exact) mass is 295 g/mol. The molecule has 114 valence electrons. The number of nitrogens with one attached hydrogen (secondary N) is 2. The van der Waals surface area contributed by atoms with E-state index in [-0.39, 0.29) is 6.04 Å². The largest absolute Gasteiger partial charge is 0.380 e. The van der Waals surface area contributed by atoms with Crippen LogP contribution in [0.4, 0.5) is 0 Å². The number of para-hydroxylation sites is 2. The third-order valence-corrected chi connectivity index (χ3v) is 3.76. The fourth-order valence-corrected chi connectivity index (χ4v) is 2.47. The van der Waals surface area contributed by atoms with E-state index in [2.05, 4.69) is 46.5 Å². The highest BCUT2D eigenvalue weighted by Gasteiger charge is 2.09. The number of aromatic amines is 1. The van der Waals surface area contributed by atoms with Gasteiger partial charge in [-0.15, -0.1) is 0 Å². The minimum absolute atomic E-state index is 0.172. The molecule has 0 bridgehead atoms. The number of fused-ring (bicyclic) bond motifs is 1. The minimum Gasteiger partial charge on any atom is -0.380 e. The Balaban J connectivity index is 1.62. The number of hydrogen-bond acceptors (Lipinski definition) is 3. The Morgan fingerprint density at radius 1 is 1.09 bits per heavy atom. The standard InChI is InChI=1S/C18H21N3O/c1-13(18-20-16-5-3-4-6-17(16)21-18)19-11-14-7-9-15(10-8-14)12-22-2/h3-10,13,19H,11-12H2,1-2H3,(H,20,21). The normalized spacial score (nSPS) is 12.6. The topological polar surface area (TPSA) is 49.9 Å². The van der Waals surface area contributed by atoms with Crippen LogP contribution in [0.15, 0.2) is 48.5 Å². The van der Waals surface area contributed by atoms with Crippen molar-refractivity contribution in [2.24, 2.45) is 0 Å². The van der Waals surface area contributed by atoms with Gasteiger partial charge in [0, 0.05) is 13.7 Å². The van der Waals surface area contributed by atoms with Crippen LogP contribution in [0.25, 0.3) is 11.0 Å². The molecule has 1 aromatic heterocycles. The Kier molecular flexibility index (Phi) is 4.51. The van der Waals surface area contributed by atoms with E-state index in [1.54, 1.807) is 7.11 Å². The summed E-state index contributed by atoms with van der Waals surface area (Å²) in [5.74, 6) is 0.970. The van der Waals surface area contributed by atoms with E-state index in [0.717, 1.165) is 23.4 Å². The Labute approximate surface area is 130 Å². The van der Waals surface area contributed by atoms with E-state index in [4.69, 9.17) is 4.74 Å². The van der Waals surface area contributed by atoms with Crippen LogP contribution < -0.4 is 5.32 Å². The Morgan fingerprint density at radius 2 is 1.82 bits per heavy atom. The Bertz CT molecular complexity index is 700. The van der Waals surface area contributed by atoms with Gasteiger partial charge in [-0.3, -0.25) is 0 Å². The lowest BCUT2D eigenvalue weighted by Crippen LogP contribution is -2.19. The van der Waals surface area contributed by atoms with E-state index < -0.39 is 0 Å². The van der Waals surface area contributed by atoms with Gasteiger partial charge in [-0.25, -0.2) is 4.98 Å². The van der Waals surface area contributed by atoms with Gasteiger partial charge in [-0.2, -0.15) is 0 Å². The van der Waals surface area contributed by atoms with Gasteiger partial charge in [0.2, 0.25) is 0 Å². The average Bonchev–Trinajstić information content (AvgIpc) is 2.98. The molecule has 0 spiro atoms. The zero-order valence-electron chi connectivity index (χ0n) is 13.0. The van der Waals surface area contributed by atoms with Crippen molar-refractivity contribution in [2.75, 3.05) is 7.11 Å². The van der Waals surface area contributed by atoms with E-state index in [0.29, 0.717) is 6.61 Å². The molecule has 0 amide bonds. The van der Waals surface area contributed by atoms with E-state index in [1.807, 2.05) is 24.3 Å². The molecule has 0 radical (unpaired) electrons. The first kappa shape index (κ1) is 14.8. The lowest BCUT2D eigenvalue weighted by molar-refractivity contribution is 0.185. The average molecular weight is 295 g/mol. The quantitative estimate of drug-likeness (QED) is 0.731. The summed E-state index contributed by atoms with van der Waals surface area (Å²) in [4.78, 5) is 8.00. The van der Waals surface area contributed by atoms with Crippen LogP contribution in [0.5, 0.6) is 0 Å². The van der Waals surface area contributed by atoms with Gasteiger partial charge in [0.05, 0.1) is 23.7 Å². The third kappa shape index (κ3) is 3.35. The van der Waals surface area contributed by atoms with Crippen molar-refractivity contribution >= 4 is 11.0 Å². The number of rotatable bonds is 6. The molecule has 1 heterocycles. The van der Waals surface area contributed by atoms with Crippen LogP contribution in [-0.2, 0) is 17.9 Å². The minimum atomic E-state index is 0.172. The predicted octanol–water partition coefficient (Wildman–Crippen LogP) is 3.56. The molecule has 1 atom stereocenters. The Morgan fingerprint density at radius 3 is 2.55 bits per heavy atom. The zero-order chi connectivity index (χ0) is 15.4. The molecule has 0 aliphatic heterocycles. The summed E-state index contributed by atoms with van der Waals surface area (Å²) in [6, 6.07) is 16.7. The summed E-state index contributed by atoms with van der Waals surface area (Å²) in [6.07, 6.45) is 0. The lowest BCUT2D eigenvalue weighted by atomic mass is 10.1. The van der Waals surface area contributed by atoms with Gasteiger partial charge in [0.15, 0.2) is 0 Å². The molecule has 0 aliphatic rings. The highest BCUT2D eigenvalue weighted by atomic mass is 16.5. The number of H-pyrrole nitrogens is 1. The summed E-state index contributed by atoms with van der Waals surface area (Å²) in [7, 11) is 1.71. The van der Waals surface area contributed by atoms with Gasteiger partial charge in [-0.1, -0.05) is 36.4 Å². The molecule has 2 N–H and O–H groups in total. The molecule has 0 saturated carbocycles. The van der Waals surface area contributed by atoms with E-state index in [9.17, 15) is 0 Å². The fraction of sp³-hybridized carbons (Fsp3) is 0.278. The Hall–Kier alpha value is -2.17. The molecular formula is C18H21N3O. The summed E-state index contributed by atoms with van der Waals surface area (Å²) in [6.45, 7) is 3.59. The maximum Gasteiger partial charge on any atom is 0.124 e. The number of methoxy groups -OCH3 is 1. The maximum atomic E-state index is 5.12. The van der Waals surface area contributed by atoms with Crippen LogP contribution in [0.2, 0.25) is 0 Å². The van der Waals surface area contributed by atoms with Crippen LogP contribution in [0, 0.1) is 0 Å². The van der Waals surface area contributed by atoms with Crippen molar-refractivity contribution in [3.63, 3.8) is 0 Å². The number of aromatic nitrogens is 2. The summed E-state index contributed by atoms with van der Waals surface area (Å²) < 4.78 is 5.12. The summed E-state index contributed by atoms with van der Waals surface area (Å²) in [5.41, 5.74) is 4.53. The lowest BCUT2D eigenvalue weighted by Gasteiger charge is -2.11. The van der Waals surface area contributed by atoms with Crippen LogP contribution >= 0.6 is 0 Å². The van der Waals surface area contributed by atoms with Crippen molar-refractivity contribution < 1.29 is 4.74 Å². The van der Waals surface area contributed by atoms with Crippen molar-refractivity contribution in [2.45, 2.75) is 26.1 Å². The van der Waals surface area contributed by atoms with Gasteiger partial charge >= 0.3 is 0 Å². The molecule has 1 unspecified atom stereocenters. The number of nitrogens with zero attached hydrogens (tertiary/aromatic N) is 1. The second-order valence-electron chi connectivity index (χ2n) is 5.49. The SMILES string of the molecule is COCc1ccc(CNC(C)c2nc3ccccc3[nH]2)cc1. The van der Waals surface area contributed by atoms with Crippen LogP contribution in [-0.4, -0.2) is 17.1 Å². The molecule has 0 fully saturated rings. The molecular weight excluding hydrogens is 274 g/mol. The van der Waals surface area contributed by atoms with Crippen molar-refractivity contribution in [3.05, 3.63) is 65.5 Å². The fourth-order valence-electron chi connectivity index (χ4n) is 2.47. The third-order valence-electron chi connectivity index (χ3n) is 3.76. The summed E-state index contributed by atoms with van der Waals surface area (Å²) in [5, 5.41) is 3.50. The molecule has 3 aromatic rings. The smallest absolute Gasteiger partial charge is 0.124 e. The first-order valence-electron chi connectivity index (χ1n) is 7.51. The van der Waals surface area contributed by atoms with Crippen molar-refractivity contribution in [3.8, 4) is 0 Å². The number of ether oxygens (including phenoxy) is 1. The van der Waals surface area contributed by atoms with E-state index >= 15 is 0 Å². The van der Waals surface area contributed by atoms with Gasteiger partial charge in [0.1, 0.15) is 5.82 Å². The summed E-state index contributed by atoms with van der Waals surface area (Å²) >= 11 is 0. The molecule has 0 aliphatic carbocycles. The highest BCUT2D eigenvalue weighted by Crippen LogP contribution is 2.16. The molecule has 0 saturated heterocycles.